The molecule has 0 aliphatic carbocycles. The Hall–Kier alpha value is 0.620. The van der Waals surface area contributed by atoms with E-state index in [0.29, 0.717) is 0 Å². The maximum Gasteiger partial charge on any atom is -0.00128 e. The normalized spacial score (nSPS) is 8.67. The first-order chi connectivity index (χ1) is 4.27. The zero-order valence-corrected chi connectivity index (χ0v) is 7.83. The molecular weight excluding hydrogens is 152 g/mol. The fourth-order valence-corrected chi connectivity index (χ4v) is 0.408. The highest BCUT2D eigenvalue weighted by molar-refractivity contribution is 8.59. The van der Waals surface area contributed by atoms with Crippen LogP contribution in [0.4, 0.5) is 0 Å². The standard InChI is InChI=1S/C5H14N2.H2S2/c1-7(2)5-3-4-6;1-2/h3-6H2,1-2H3;1-2H. The Labute approximate surface area is 68.0 Å². The van der Waals surface area contributed by atoms with Crippen molar-refractivity contribution < 1.29 is 0 Å². The summed E-state index contributed by atoms with van der Waals surface area (Å²) in [5.41, 5.74) is 5.25. The summed E-state index contributed by atoms with van der Waals surface area (Å²) >= 11 is 6.44. The van der Waals surface area contributed by atoms with Gasteiger partial charge in [0.05, 0.1) is 0 Å². The summed E-state index contributed by atoms with van der Waals surface area (Å²) in [6, 6.07) is 0. The van der Waals surface area contributed by atoms with Gasteiger partial charge in [-0.05, 0) is 33.6 Å². The first-order valence-electron chi connectivity index (χ1n) is 2.82. The highest BCUT2D eigenvalue weighted by Crippen LogP contribution is 1.76. The average Bonchev–Trinajstić information content (AvgIpc) is 1.88. The molecule has 4 heteroatoms. The van der Waals surface area contributed by atoms with Gasteiger partial charge < -0.3 is 10.6 Å². The quantitative estimate of drug-likeness (QED) is 0.427. The van der Waals surface area contributed by atoms with E-state index in [1.807, 2.05) is 0 Å². The minimum absolute atomic E-state index is 0.804. The molecule has 0 atom stereocenters. The molecule has 0 rings (SSSR count). The molecule has 0 saturated carbocycles. The second-order valence-electron chi connectivity index (χ2n) is 1.95. The Morgan fingerprint density at radius 3 is 1.89 bits per heavy atom. The first kappa shape index (κ1) is 12.3. The lowest BCUT2D eigenvalue weighted by Gasteiger charge is -2.05. The van der Waals surface area contributed by atoms with Crippen molar-refractivity contribution in [3.05, 3.63) is 0 Å². The van der Waals surface area contributed by atoms with E-state index in [4.69, 9.17) is 5.73 Å². The lowest BCUT2D eigenvalue weighted by atomic mass is 10.4. The number of nitrogens with zero attached hydrogens (tertiary/aromatic N) is 1. The Morgan fingerprint density at radius 1 is 1.33 bits per heavy atom. The van der Waals surface area contributed by atoms with Gasteiger partial charge in [-0.25, -0.2) is 0 Å². The van der Waals surface area contributed by atoms with Crippen LogP contribution in [0.3, 0.4) is 0 Å². The SMILES string of the molecule is CN(C)CCCN.SS. The second kappa shape index (κ2) is 11.4. The summed E-state index contributed by atoms with van der Waals surface area (Å²) in [5.74, 6) is 0. The van der Waals surface area contributed by atoms with Crippen molar-refractivity contribution in [3.63, 3.8) is 0 Å². The molecular formula is C5H16N2S2. The van der Waals surface area contributed by atoms with Gasteiger partial charge in [0.2, 0.25) is 0 Å². The average molecular weight is 168 g/mol. The summed E-state index contributed by atoms with van der Waals surface area (Å²) in [6.07, 6.45) is 1.10. The van der Waals surface area contributed by atoms with Crippen LogP contribution in [-0.2, 0) is 0 Å². The van der Waals surface area contributed by atoms with Crippen molar-refractivity contribution in [2.75, 3.05) is 27.2 Å². The van der Waals surface area contributed by atoms with Crippen LogP contribution in [0.1, 0.15) is 6.42 Å². The van der Waals surface area contributed by atoms with Gasteiger partial charge in [-0.2, -0.15) is 0 Å². The van der Waals surface area contributed by atoms with Crippen LogP contribution in [-0.4, -0.2) is 32.1 Å². The molecule has 0 aromatic heterocycles. The molecule has 0 saturated heterocycles. The van der Waals surface area contributed by atoms with Crippen LogP contribution in [0.2, 0.25) is 0 Å². The lowest BCUT2D eigenvalue weighted by Crippen LogP contribution is -2.16. The van der Waals surface area contributed by atoms with Gasteiger partial charge in [-0.15, -0.1) is 23.3 Å². The predicted octanol–water partition coefficient (Wildman–Crippen LogP) is 0.658. The molecule has 9 heavy (non-hydrogen) atoms. The van der Waals surface area contributed by atoms with Gasteiger partial charge in [-0.3, -0.25) is 0 Å². The number of hydrogen-bond acceptors (Lipinski definition) is 4. The monoisotopic (exact) mass is 168 g/mol. The van der Waals surface area contributed by atoms with Gasteiger partial charge in [-0.1, -0.05) is 0 Å². The van der Waals surface area contributed by atoms with Crippen LogP contribution in [0.15, 0.2) is 0 Å². The first-order valence-corrected chi connectivity index (χ1v) is 4.42. The van der Waals surface area contributed by atoms with Crippen molar-refractivity contribution >= 4 is 23.3 Å². The van der Waals surface area contributed by atoms with Crippen LogP contribution in [0.25, 0.3) is 0 Å². The largest absolute Gasteiger partial charge is 0.330 e. The fourth-order valence-electron chi connectivity index (χ4n) is 0.408. The van der Waals surface area contributed by atoms with Crippen molar-refractivity contribution in [1.82, 2.24) is 4.90 Å². The number of thiol groups is 2. The third-order valence-corrected chi connectivity index (χ3v) is 0.809. The van der Waals surface area contributed by atoms with E-state index in [0.717, 1.165) is 19.5 Å². The third-order valence-electron chi connectivity index (χ3n) is 0.809. The van der Waals surface area contributed by atoms with Crippen molar-refractivity contribution in [2.45, 2.75) is 6.42 Å². The molecule has 0 aliphatic rings. The fraction of sp³-hybridized carbons (Fsp3) is 1.00. The van der Waals surface area contributed by atoms with Gasteiger partial charge in [0.25, 0.3) is 0 Å². The minimum atomic E-state index is 0.804. The topological polar surface area (TPSA) is 29.3 Å². The molecule has 58 valence electrons. The van der Waals surface area contributed by atoms with E-state index in [2.05, 4.69) is 42.3 Å². The Balaban J connectivity index is 0. The van der Waals surface area contributed by atoms with Crippen LogP contribution < -0.4 is 5.73 Å². The maximum atomic E-state index is 5.25. The van der Waals surface area contributed by atoms with E-state index in [1.54, 1.807) is 0 Å². The molecule has 2 N–H and O–H groups in total. The lowest BCUT2D eigenvalue weighted by molar-refractivity contribution is 0.403. The molecule has 0 fully saturated rings. The molecule has 0 aromatic carbocycles. The molecule has 0 aromatic rings. The zero-order chi connectivity index (χ0) is 7.70. The molecule has 0 unspecified atom stereocenters. The molecule has 2 nitrogen and oxygen atoms in total. The van der Waals surface area contributed by atoms with Crippen LogP contribution in [0, 0.1) is 0 Å². The third kappa shape index (κ3) is 17.7. The summed E-state index contributed by atoms with van der Waals surface area (Å²) < 4.78 is 0. The van der Waals surface area contributed by atoms with Gasteiger partial charge in [0, 0.05) is 0 Å². The van der Waals surface area contributed by atoms with Gasteiger partial charge in [0.15, 0.2) is 0 Å². The van der Waals surface area contributed by atoms with E-state index >= 15 is 0 Å². The summed E-state index contributed by atoms with van der Waals surface area (Å²) in [4.78, 5) is 2.13. The molecule has 0 heterocycles. The summed E-state index contributed by atoms with van der Waals surface area (Å²) in [5, 5.41) is 0. The van der Waals surface area contributed by atoms with Gasteiger partial charge in [0.1, 0.15) is 0 Å². The van der Waals surface area contributed by atoms with E-state index in [9.17, 15) is 0 Å². The molecule has 0 spiro atoms. The second-order valence-corrected chi connectivity index (χ2v) is 1.95. The van der Waals surface area contributed by atoms with E-state index < -0.39 is 0 Å². The van der Waals surface area contributed by atoms with Crippen LogP contribution in [0.5, 0.6) is 0 Å². The van der Waals surface area contributed by atoms with Crippen molar-refractivity contribution in [3.8, 4) is 0 Å². The number of nitrogens with two attached hydrogens (primary N) is 1. The highest BCUT2D eigenvalue weighted by atomic mass is 33.1. The molecule has 0 bridgehead atoms. The number of rotatable bonds is 3. The van der Waals surface area contributed by atoms with E-state index in [-0.39, 0.29) is 0 Å². The molecule has 0 amide bonds. The predicted molar refractivity (Wildman–Crippen MR) is 50.2 cm³/mol. The van der Waals surface area contributed by atoms with Crippen molar-refractivity contribution in [1.29, 1.82) is 0 Å². The summed E-state index contributed by atoms with van der Waals surface area (Å²) in [6.45, 7) is 1.91. The summed E-state index contributed by atoms with van der Waals surface area (Å²) in [7, 11) is 4.10. The zero-order valence-electron chi connectivity index (χ0n) is 6.04. The number of hydrogen-bond donors (Lipinski definition) is 3. The van der Waals surface area contributed by atoms with E-state index in [1.165, 1.54) is 0 Å². The Morgan fingerprint density at radius 2 is 1.78 bits per heavy atom. The minimum Gasteiger partial charge on any atom is -0.330 e. The maximum absolute atomic E-state index is 5.25. The van der Waals surface area contributed by atoms with Crippen LogP contribution >= 0.6 is 23.3 Å². The molecule has 0 aliphatic heterocycles. The smallest absolute Gasteiger partial charge is 0.00128 e. The Kier molecular flexibility index (Phi) is 15.6. The Bertz CT molecular complexity index is 41.9. The highest BCUT2D eigenvalue weighted by Gasteiger charge is 1.83. The van der Waals surface area contributed by atoms with Gasteiger partial charge >= 0.3 is 0 Å². The molecule has 0 radical (unpaired) electrons. The van der Waals surface area contributed by atoms with Crippen molar-refractivity contribution in [2.24, 2.45) is 5.73 Å².